The largest absolute Gasteiger partial charge is 0.350 e. The van der Waals surface area contributed by atoms with Crippen LogP contribution in [-0.4, -0.2) is 18.0 Å². The summed E-state index contributed by atoms with van der Waals surface area (Å²) in [7, 11) is 0. The van der Waals surface area contributed by atoms with Crippen LogP contribution in [0.1, 0.15) is 44.2 Å². The van der Waals surface area contributed by atoms with Gasteiger partial charge < -0.3 is 5.32 Å². The van der Waals surface area contributed by atoms with Crippen molar-refractivity contribution in [3.63, 3.8) is 0 Å². The molecule has 5 heteroatoms. The summed E-state index contributed by atoms with van der Waals surface area (Å²) >= 11 is 5.80. The molecule has 1 amide bonds. The van der Waals surface area contributed by atoms with E-state index in [-0.39, 0.29) is 18.4 Å². The van der Waals surface area contributed by atoms with Gasteiger partial charge in [-0.2, -0.15) is 0 Å². The zero-order valence-corrected chi connectivity index (χ0v) is 12.2. The fraction of sp³-hybridized carbons (Fsp3) is 0.400. The van der Waals surface area contributed by atoms with Crippen LogP contribution in [0.5, 0.6) is 0 Å². The number of carbonyl (C=O) groups is 3. The molecule has 1 rings (SSSR count). The van der Waals surface area contributed by atoms with E-state index in [1.54, 1.807) is 12.1 Å². The average Bonchev–Trinajstić information content (AvgIpc) is 2.43. The first-order valence-corrected chi connectivity index (χ1v) is 6.93. The molecule has 0 aliphatic carbocycles. The lowest BCUT2D eigenvalue weighted by molar-refractivity contribution is -0.130. The van der Waals surface area contributed by atoms with Gasteiger partial charge in [0.25, 0.3) is 0 Å². The third-order valence-electron chi connectivity index (χ3n) is 2.96. The summed E-state index contributed by atoms with van der Waals surface area (Å²) in [4.78, 5) is 32.6. The van der Waals surface area contributed by atoms with E-state index in [2.05, 4.69) is 5.32 Å². The monoisotopic (exact) mass is 295 g/mol. The Labute approximate surface area is 123 Å². The molecule has 0 fully saturated rings. The molecular weight excluding hydrogens is 278 g/mol. The Bertz CT molecular complexity index is 471. The summed E-state index contributed by atoms with van der Waals surface area (Å²) in [6, 6.07) is 7.22. The van der Waals surface area contributed by atoms with E-state index < -0.39 is 5.78 Å². The third kappa shape index (κ3) is 5.97. The lowest BCUT2D eigenvalue weighted by Gasteiger charge is -2.14. The number of nitrogens with one attached hydrogen (secondary N) is 1. The summed E-state index contributed by atoms with van der Waals surface area (Å²) < 4.78 is 0. The molecule has 1 unspecified atom stereocenters. The van der Waals surface area contributed by atoms with E-state index in [9.17, 15) is 14.4 Å². The van der Waals surface area contributed by atoms with Gasteiger partial charge in [-0.15, -0.1) is 0 Å². The second-order valence-electron chi connectivity index (χ2n) is 4.63. The highest BCUT2D eigenvalue weighted by atomic mass is 35.5. The van der Waals surface area contributed by atoms with Gasteiger partial charge in [0.15, 0.2) is 12.1 Å². The number of amides is 1. The Morgan fingerprint density at radius 1 is 1.20 bits per heavy atom. The van der Waals surface area contributed by atoms with Gasteiger partial charge in [0.1, 0.15) is 0 Å². The second kappa shape index (κ2) is 8.48. The number of ketones is 1. The molecule has 1 N–H and O–H groups in total. The lowest BCUT2D eigenvalue weighted by atomic mass is 10.1. The predicted octanol–water partition coefficient (Wildman–Crippen LogP) is 2.85. The molecule has 0 radical (unpaired) electrons. The topological polar surface area (TPSA) is 63.2 Å². The molecule has 0 saturated carbocycles. The molecule has 1 aromatic rings. The van der Waals surface area contributed by atoms with Gasteiger partial charge in [-0.1, -0.05) is 23.7 Å². The first kappa shape index (κ1) is 16.4. The normalized spacial score (nSPS) is 11.7. The molecule has 0 heterocycles. The molecule has 0 aromatic heterocycles. The van der Waals surface area contributed by atoms with Crippen LogP contribution in [-0.2, 0) is 14.4 Å². The van der Waals surface area contributed by atoms with Crippen LogP contribution in [0.15, 0.2) is 24.3 Å². The molecule has 108 valence electrons. The number of hydrogen-bond acceptors (Lipinski definition) is 3. The van der Waals surface area contributed by atoms with Crippen molar-refractivity contribution in [2.45, 2.75) is 38.6 Å². The molecule has 4 nitrogen and oxygen atoms in total. The van der Waals surface area contributed by atoms with E-state index >= 15 is 0 Å². The van der Waals surface area contributed by atoms with E-state index in [0.717, 1.165) is 5.56 Å². The average molecular weight is 296 g/mol. The highest BCUT2D eigenvalue weighted by Gasteiger charge is 2.09. The summed E-state index contributed by atoms with van der Waals surface area (Å²) in [6.07, 6.45) is 2.04. The van der Waals surface area contributed by atoms with Gasteiger partial charge in [0, 0.05) is 17.9 Å². The Balaban J connectivity index is 2.29. The third-order valence-corrected chi connectivity index (χ3v) is 3.21. The SMILES string of the molecule is CC(NC(=O)CCCCC(=O)C=O)c1ccc(Cl)cc1. The molecule has 0 spiro atoms. The van der Waals surface area contributed by atoms with Crippen LogP contribution in [0.4, 0.5) is 0 Å². The maximum absolute atomic E-state index is 11.7. The zero-order chi connectivity index (χ0) is 15.0. The number of unbranched alkanes of at least 4 members (excludes halogenated alkanes) is 1. The van der Waals surface area contributed by atoms with Gasteiger partial charge in [-0.3, -0.25) is 14.4 Å². The Kier molecular flexibility index (Phi) is 6.94. The van der Waals surface area contributed by atoms with Crippen molar-refractivity contribution < 1.29 is 14.4 Å². The number of benzene rings is 1. The van der Waals surface area contributed by atoms with Crippen LogP contribution in [0.3, 0.4) is 0 Å². The van der Waals surface area contributed by atoms with Crippen LogP contribution in [0.2, 0.25) is 5.02 Å². The highest BCUT2D eigenvalue weighted by molar-refractivity contribution is 6.30. The zero-order valence-electron chi connectivity index (χ0n) is 11.4. The van der Waals surface area contributed by atoms with Gasteiger partial charge in [0.2, 0.25) is 5.91 Å². The molecular formula is C15H18ClNO3. The standard InChI is InChI=1S/C15H18ClNO3/c1-11(12-6-8-13(16)9-7-12)17-15(20)5-3-2-4-14(19)10-18/h6-11H,2-5H2,1H3,(H,17,20). The van der Waals surface area contributed by atoms with E-state index in [0.29, 0.717) is 30.6 Å². The molecule has 20 heavy (non-hydrogen) atoms. The molecule has 0 bridgehead atoms. The van der Waals surface area contributed by atoms with Gasteiger partial charge in [-0.25, -0.2) is 0 Å². The number of carbonyl (C=O) groups excluding carboxylic acids is 3. The van der Waals surface area contributed by atoms with Gasteiger partial charge in [0.05, 0.1) is 6.04 Å². The van der Waals surface area contributed by atoms with Crippen molar-refractivity contribution in [3.05, 3.63) is 34.9 Å². The fourth-order valence-electron chi connectivity index (χ4n) is 1.79. The quantitative estimate of drug-likeness (QED) is 0.456. The summed E-state index contributed by atoms with van der Waals surface area (Å²) in [5.41, 5.74) is 0.985. The summed E-state index contributed by atoms with van der Waals surface area (Å²) in [5, 5.41) is 3.54. The van der Waals surface area contributed by atoms with E-state index in [1.807, 2.05) is 19.1 Å². The minimum absolute atomic E-state index is 0.0639. The molecule has 1 atom stereocenters. The molecule has 0 aliphatic rings. The summed E-state index contributed by atoms with van der Waals surface area (Å²) in [6.45, 7) is 1.90. The Morgan fingerprint density at radius 2 is 1.80 bits per heavy atom. The molecule has 0 saturated heterocycles. The maximum atomic E-state index is 11.7. The van der Waals surface area contributed by atoms with Crippen molar-refractivity contribution in [2.24, 2.45) is 0 Å². The summed E-state index contributed by atoms with van der Waals surface area (Å²) in [5.74, 6) is -0.481. The lowest BCUT2D eigenvalue weighted by Crippen LogP contribution is -2.26. The van der Waals surface area contributed by atoms with Crippen molar-refractivity contribution in [1.82, 2.24) is 5.32 Å². The molecule has 0 aliphatic heterocycles. The minimum atomic E-state index is -0.417. The van der Waals surface area contributed by atoms with E-state index in [4.69, 9.17) is 11.6 Å². The first-order valence-electron chi connectivity index (χ1n) is 6.55. The second-order valence-corrected chi connectivity index (χ2v) is 5.07. The van der Waals surface area contributed by atoms with Crippen LogP contribution >= 0.6 is 11.6 Å². The minimum Gasteiger partial charge on any atom is -0.350 e. The predicted molar refractivity (Wildman–Crippen MR) is 77.5 cm³/mol. The van der Waals surface area contributed by atoms with Crippen molar-refractivity contribution in [2.75, 3.05) is 0 Å². The van der Waals surface area contributed by atoms with Crippen molar-refractivity contribution in [3.8, 4) is 0 Å². The van der Waals surface area contributed by atoms with Crippen LogP contribution in [0, 0.1) is 0 Å². The maximum Gasteiger partial charge on any atom is 0.220 e. The van der Waals surface area contributed by atoms with Gasteiger partial charge >= 0.3 is 0 Å². The Hall–Kier alpha value is -1.68. The van der Waals surface area contributed by atoms with Crippen LogP contribution < -0.4 is 5.32 Å². The van der Waals surface area contributed by atoms with E-state index in [1.165, 1.54) is 0 Å². The number of aldehydes is 1. The fourth-order valence-corrected chi connectivity index (χ4v) is 1.92. The van der Waals surface area contributed by atoms with Gasteiger partial charge in [-0.05, 0) is 37.5 Å². The first-order chi connectivity index (χ1) is 9.52. The van der Waals surface area contributed by atoms with Crippen molar-refractivity contribution in [1.29, 1.82) is 0 Å². The molecule has 1 aromatic carbocycles. The van der Waals surface area contributed by atoms with Crippen LogP contribution in [0.25, 0.3) is 0 Å². The number of hydrogen-bond donors (Lipinski definition) is 1. The Morgan fingerprint density at radius 3 is 2.40 bits per heavy atom. The van der Waals surface area contributed by atoms with Crippen molar-refractivity contribution >= 4 is 29.6 Å². The highest BCUT2D eigenvalue weighted by Crippen LogP contribution is 2.16. The smallest absolute Gasteiger partial charge is 0.220 e. The number of Topliss-reactive ketones (excluding diaryl/α,β-unsaturated/α-hetero) is 1. The number of halogens is 1. The number of rotatable bonds is 8.